The van der Waals surface area contributed by atoms with E-state index in [0.29, 0.717) is 0 Å². The third kappa shape index (κ3) is 2.80. The Labute approximate surface area is 114 Å². The summed E-state index contributed by atoms with van der Waals surface area (Å²) in [4.78, 5) is 9.63. The average molecular weight is 258 g/mol. The van der Waals surface area contributed by atoms with Gasteiger partial charge in [0.15, 0.2) is 0 Å². The molecule has 0 aliphatic carbocycles. The highest BCUT2D eigenvalue weighted by Gasteiger charge is 2.13. The van der Waals surface area contributed by atoms with Gasteiger partial charge in [0, 0.05) is 51.0 Å². The fraction of sp³-hybridized carbons (Fsp3) is 0.533. The molecule has 0 unspecified atom stereocenters. The van der Waals surface area contributed by atoms with Crippen LogP contribution < -0.4 is 0 Å². The van der Waals surface area contributed by atoms with E-state index in [-0.39, 0.29) is 0 Å². The first-order chi connectivity index (χ1) is 9.22. The van der Waals surface area contributed by atoms with E-state index < -0.39 is 0 Å². The maximum absolute atomic E-state index is 4.70. The van der Waals surface area contributed by atoms with Crippen molar-refractivity contribution in [3.63, 3.8) is 0 Å². The molecule has 1 aliphatic heterocycles. The number of aromatic nitrogens is 2. The van der Waals surface area contributed by atoms with Gasteiger partial charge in [-0.05, 0) is 26.1 Å². The molecule has 0 amide bonds. The molecule has 0 atom stereocenters. The highest BCUT2D eigenvalue weighted by Crippen LogP contribution is 2.10. The molecule has 1 saturated heterocycles. The van der Waals surface area contributed by atoms with Crippen LogP contribution in [-0.2, 0) is 6.42 Å². The molecule has 2 aromatic rings. The minimum Gasteiger partial charge on any atom is -0.304 e. The van der Waals surface area contributed by atoms with Gasteiger partial charge in [-0.3, -0.25) is 0 Å². The molecule has 3 rings (SSSR count). The predicted octanol–water partition coefficient (Wildman–Crippen LogP) is 1.43. The quantitative estimate of drug-likeness (QED) is 0.832. The molecule has 1 fully saturated rings. The third-order valence-electron chi connectivity index (χ3n) is 4.03. The van der Waals surface area contributed by atoms with Gasteiger partial charge in [-0.2, -0.15) is 0 Å². The van der Waals surface area contributed by atoms with Gasteiger partial charge in [0.1, 0.15) is 5.65 Å². The lowest BCUT2D eigenvalue weighted by molar-refractivity contribution is 0.155. The molecule has 3 heterocycles. The van der Waals surface area contributed by atoms with Gasteiger partial charge in [0.25, 0.3) is 0 Å². The number of fused-ring (bicyclic) bond motifs is 1. The zero-order chi connectivity index (χ0) is 13.2. The number of imidazole rings is 1. The fourth-order valence-corrected chi connectivity index (χ4v) is 2.66. The molecule has 102 valence electrons. The van der Waals surface area contributed by atoms with E-state index in [9.17, 15) is 0 Å². The molecule has 4 nitrogen and oxygen atoms in total. The van der Waals surface area contributed by atoms with E-state index in [0.717, 1.165) is 18.6 Å². The predicted molar refractivity (Wildman–Crippen MR) is 77.6 cm³/mol. The van der Waals surface area contributed by atoms with Crippen molar-refractivity contribution >= 4 is 5.65 Å². The molecule has 0 radical (unpaired) electrons. The summed E-state index contributed by atoms with van der Waals surface area (Å²) in [6.07, 6.45) is 3.23. The van der Waals surface area contributed by atoms with Gasteiger partial charge >= 0.3 is 0 Å². The molecule has 0 bridgehead atoms. The second kappa shape index (κ2) is 5.31. The largest absolute Gasteiger partial charge is 0.304 e. The molecular formula is C15H22N4. The smallest absolute Gasteiger partial charge is 0.137 e. The Kier molecular flexibility index (Phi) is 3.53. The summed E-state index contributed by atoms with van der Waals surface area (Å²) in [5.41, 5.74) is 3.51. The lowest BCUT2D eigenvalue weighted by Crippen LogP contribution is -2.45. The molecule has 1 aliphatic rings. The Morgan fingerprint density at radius 1 is 1.16 bits per heavy atom. The zero-order valence-electron chi connectivity index (χ0n) is 11.8. The molecular weight excluding hydrogens is 236 g/mol. The number of hydrogen-bond acceptors (Lipinski definition) is 3. The molecule has 0 aromatic carbocycles. The van der Waals surface area contributed by atoms with Gasteiger partial charge in [-0.15, -0.1) is 0 Å². The minimum atomic E-state index is 1.05. The van der Waals surface area contributed by atoms with Crippen LogP contribution in [0.3, 0.4) is 0 Å². The van der Waals surface area contributed by atoms with Crippen LogP contribution in [0, 0.1) is 6.92 Å². The van der Waals surface area contributed by atoms with Crippen LogP contribution in [0.2, 0.25) is 0 Å². The molecule has 2 aromatic heterocycles. The van der Waals surface area contributed by atoms with Gasteiger partial charge in [0.05, 0.1) is 5.69 Å². The monoisotopic (exact) mass is 258 g/mol. The first-order valence-electron chi connectivity index (χ1n) is 7.07. The summed E-state index contributed by atoms with van der Waals surface area (Å²) < 4.78 is 2.18. The Morgan fingerprint density at radius 3 is 2.68 bits per heavy atom. The second-order valence-electron chi connectivity index (χ2n) is 5.52. The Balaban J connectivity index is 1.64. The standard InChI is InChI=1S/C15H22N4/c1-13-4-3-5-15-16-14(12-19(13)15)6-7-18-10-8-17(2)9-11-18/h3-5,12H,6-11H2,1-2H3. The van der Waals surface area contributed by atoms with Gasteiger partial charge < -0.3 is 14.2 Å². The average Bonchev–Trinajstić information content (AvgIpc) is 2.83. The first-order valence-corrected chi connectivity index (χ1v) is 7.07. The van der Waals surface area contributed by atoms with E-state index in [4.69, 9.17) is 4.98 Å². The van der Waals surface area contributed by atoms with E-state index in [1.807, 2.05) is 0 Å². The van der Waals surface area contributed by atoms with Crippen molar-refractivity contribution < 1.29 is 0 Å². The molecule has 4 heteroatoms. The zero-order valence-corrected chi connectivity index (χ0v) is 11.8. The number of piperazine rings is 1. The summed E-state index contributed by atoms with van der Waals surface area (Å²) in [5.74, 6) is 0. The van der Waals surface area contributed by atoms with Crippen molar-refractivity contribution in [3.05, 3.63) is 35.8 Å². The van der Waals surface area contributed by atoms with E-state index in [1.165, 1.54) is 37.6 Å². The van der Waals surface area contributed by atoms with E-state index >= 15 is 0 Å². The maximum Gasteiger partial charge on any atom is 0.137 e. The summed E-state index contributed by atoms with van der Waals surface area (Å²) in [7, 11) is 2.20. The van der Waals surface area contributed by atoms with Crippen LogP contribution in [0.25, 0.3) is 5.65 Å². The van der Waals surface area contributed by atoms with Crippen LogP contribution in [0.1, 0.15) is 11.4 Å². The Morgan fingerprint density at radius 2 is 1.95 bits per heavy atom. The summed E-state index contributed by atoms with van der Waals surface area (Å²) in [6.45, 7) is 7.98. The molecule has 0 N–H and O–H groups in total. The van der Waals surface area contributed by atoms with Crippen molar-refractivity contribution in [1.82, 2.24) is 19.2 Å². The number of nitrogens with zero attached hydrogens (tertiary/aromatic N) is 4. The number of likely N-dealkylation sites (N-methyl/N-ethyl adjacent to an activating group) is 1. The Hall–Kier alpha value is -1.39. The number of pyridine rings is 1. The highest BCUT2D eigenvalue weighted by molar-refractivity contribution is 5.41. The van der Waals surface area contributed by atoms with Gasteiger partial charge in [-0.25, -0.2) is 4.98 Å². The van der Waals surface area contributed by atoms with Crippen LogP contribution in [0.15, 0.2) is 24.4 Å². The van der Waals surface area contributed by atoms with Gasteiger partial charge in [0.2, 0.25) is 0 Å². The summed E-state index contributed by atoms with van der Waals surface area (Å²) in [5, 5.41) is 0. The second-order valence-corrected chi connectivity index (χ2v) is 5.52. The SMILES string of the molecule is Cc1cccc2nc(CCN3CCN(C)CC3)cn12. The van der Waals surface area contributed by atoms with Gasteiger partial charge in [-0.1, -0.05) is 6.07 Å². The summed E-state index contributed by atoms with van der Waals surface area (Å²) >= 11 is 0. The Bertz CT molecular complexity index is 552. The maximum atomic E-state index is 4.70. The lowest BCUT2D eigenvalue weighted by Gasteiger charge is -2.32. The van der Waals surface area contributed by atoms with E-state index in [2.05, 4.69) is 52.6 Å². The molecule has 0 saturated carbocycles. The number of hydrogen-bond donors (Lipinski definition) is 0. The highest BCUT2D eigenvalue weighted by atomic mass is 15.2. The topological polar surface area (TPSA) is 23.8 Å². The van der Waals surface area contributed by atoms with Crippen molar-refractivity contribution in [2.75, 3.05) is 39.8 Å². The summed E-state index contributed by atoms with van der Waals surface area (Å²) in [6, 6.07) is 6.27. The molecule has 19 heavy (non-hydrogen) atoms. The van der Waals surface area contributed by atoms with Crippen molar-refractivity contribution in [2.45, 2.75) is 13.3 Å². The fourth-order valence-electron chi connectivity index (χ4n) is 2.66. The minimum absolute atomic E-state index is 1.05. The van der Waals surface area contributed by atoms with Crippen molar-refractivity contribution in [2.24, 2.45) is 0 Å². The third-order valence-corrected chi connectivity index (χ3v) is 4.03. The first kappa shape index (κ1) is 12.6. The van der Waals surface area contributed by atoms with Crippen LogP contribution in [-0.4, -0.2) is 59.0 Å². The molecule has 0 spiro atoms. The van der Waals surface area contributed by atoms with Crippen molar-refractivity contribution in [3.8, 4) is 0 Å². The normalized spacial score (nSPS) is 18.2. The van der Waals surface area contributed by atoms with E-state index in [1.54, 1.807) is 0 Å². The number of aryl methyl sites for hydroxylation is 1. The van der Waals surface area contributed by atoms with Crippen LogP contribution >= 0.6 is 0 Å². The number of rotatable bonds is 3. The van der Waals surface area contributed by atoms with Crippen LogP contribution in [0.5, 0.6) is 0 Å². The lowest BCUT2D eigenvalue weighted by atomic mass is 10.2. The van der Waals surface area contributed by atoms with Crippen LogP contribution in [0.4, 0.5) is 0 Å². The van der Waals surface area contributed by atoms with Crippen molar-refractivity contribution in [1.29, 1.82) is 0 Å².